The molecule has 0 spiro atoms. The van der Waals surface area contributed by atoms with E-state index in [2.05, 4.69) is 5.32 Å². The molecule has 1 fully saturated rings. The Kier molecular flexibility index (Phi) is 4.63. The largest absolute Gasteiger partial charge is 0.497 e. The first-order chi connectivity index (χ1) is 9.20. The van der Waals surface area contributed by atoms with Crippen molar-refractivity contribution in [1.29, 1.82) is 0 Å². The molecule has 1 aliphatic heterocycles. The zero-order valence-corrected chi connectivity index (χ0v) is 11.0. The Bertz CT molecular complexity index is 429. The summed E-state index contributed by atoms with van der Waals surface area (Å²) in [7, 11) is 1.59. The molecule has 2 rings (SSSR count). The minimum atomic E-state index is -0.824. The van der Waals surface area contributed by atoms with Gasteiger partial charge < -0.3 is 19.9 Å². The lowest BCUT2D eigenvalue weighted by Crippen LogP contribution is -2.39. The molecular formula is C14H19NO4. The van der Waals surface area contributed by atoms with Gasteiger partial charge in [0.1, 0.15) is 11.8 Å². The predicted molar refractivity (Wildman–Crippen MR) is 71.6 cm³/mol. The van der Waals surface area contributed by atoms with Gasteiger partial charge in [0.05, 0.1) is 7.11 Å². The van der Waals surface area contributed by atoms with Crippen LogP contribution in [0.1, 0.15) is 12.8 Å². The second-order valence-electron chi connectivity index (χ2n) is 4.64. The van der Waals surface area contributed by atoms with Crippen molar-refractivity contribution in [2.24, 2.45) is 5.92 Å². The van der Waals surface area contributed by atoms with Crippen LogP contribution in [0.4, 0.5) is 5.69 Å². The SMILES string of the molecule is COc1cccc(NC(C(=O)O)C2CCOCC2)c1. The molecule has 0 radical (unpaired) electrons. The van der Waals surface area contributed by atoms with Crippen LogP contribution in [0.5, 0.6) is 5.75 Å². The monoisotopic (exact) mass is 265 g/mol. The van der Waals surface area contributed by atoms with Crippen LogP contribution in [0.3, 0.4) is 0 Å². The van der Waals surface area contributed by atoms with Crippen LogP contribution in [-0.2, 0) is 9.53 Å². The quantitative estimate of drug-likeness (QED) is 0.852. The Morgan fingerprint density at radius 3 is 2.84 bits per heavy atom. The van der Waals surface area contributed by atoms with Gasteiger partial charge in [0.15, 0.2) is 0 Å². The van der Waals surface area contributed by atoms with Gasteiger partial charge in [-0.1, -0.05) is 6.07 Å². The summed E-state index contributed by atoms with van der Waals surface area (Å²) in [6.07, 6.45) is 1.54. The van der Waals surface area contributed by atoms with Gasteiger partial charge in [-0.2, -0.15) is 0 Å². The molecule has 104 valence electrons. The number of hydrogen-bond donors (Lipinski definition) is 2. The van der Waals surface area contributed by atoms with Crippen LogP contribution in [0, 0.1) is 5.92 Å². The summed E-state index contributed by atoms with van der Waals surface area (Å²) in [5, 5.41) is 12.5. The third-order valence-corrected chi connectivity index (χ3v) is 3.40. The number of nitrogens with one attached hydrogen (secondary N) is 1. The molecule has 1 aromatic rings. The van der Waals surface area contributed by atoms with Crippen molar-refractivity contribution >= 4 is 11.7 Å². The second-order valence-corrected chi connectivity index (χ2v) is 4.64. The van der Waals surface area contributed by atoms with E-state index < -0.39 is 12.0 Å². The van der Waals surface area contributed by atoms with Crippen molar-refractivity contribution < 1.29 is 19.4 Å². The van der Waals surface area contributed by atoms with Crippen molar-refractivity contribution in [2.75, 3.05) is 25.6 Å². The van der Waals surface area contributed by atoms with Crippen LogP contribution in [0.25, 0.3) is 0 Å². The lowest BCUT2D eigenvalue weighted by Gasteiger charge is -2.28. The van der Waals surface area contributed by atoms with E-state index in [1.165, 1.54) is 0 Å². The summed E-state index contributed by atoms with van der Waals surface area (Å²) in [6.45, 7) is 1.27. The highest BCUT2D eigenvalue weighted by Gasteiger charge is 2.29. The van der Waals surface area contributed by atoms with E-state index in [1.807, 2.05) is 18.2 Å². The lowest BCUT2D eigenvalue weighted by atomic mass is 9.91. The van der Waals surface area contributed by atoms with Crippen LogP contribution in [-0.4, -0.2) is 37.4 Å². The van der Waals surface area contributed by atoms with Crippen molar-refractivity contribution in [2.45, 2.75) is 18.9 Å². The fraction of sp³-hybridized carbons (Fsp3) is 0.500. The summed E-state index contributed by atoms with van der Waals surface area (Å²) in [4.78, 5) is 11.4. The van der Waals surface area contributed by atoms with Gasteiger partial charge in [-0.15, -0.1) is 0 Å². The van der Waals surface area contributed by atoms with E-state index >= 15 is 0 Å². The standard InChI is InChI=1S/C14H19NO4/c1-18-12-4-2-3-11(9-12)15-13(14(16)17)10-5-7-19-8-6-10/h2-4,9-10,13,15H,5-8H2,1H3,(H,16,17). The fourth-order valence-corrected chi connectivity index (χ4v) is 2.32. The molecule has 19 heavy (non-hydrogen) atoms. The molecule has 1 atom stereocenters. The van der Waals surface area contributed by atoms with Crippen LogP contribution < -0.4 is 10.1 Å². The van der Waals surface area contributed by atoms with Crippen LogP contribution in [0.2, 0.25) is 0 Å². The Labute approximate surface area is 112 Å². The van der Waals surface area contributed by atoms with Crippen molar-refractivity contribution in [3.05, 3.63) is 24.3 Å². The number of anilines is 1. The van der Waals surface area contributed by atoms with Crippen LogP contribution in [0.15, 0.2) is 24.3 Å². The molecule has 5 nitrogen and oxygen atoms in total. The molecule has 0 amide bonds. The van der Waals surface area contributed by atoms with Gasteiger partial charge >= 0.3 is 5.97 Å². The fourth-order valence-electron chi connectivity index (χ4n) is 2.32. The molecule has 1 saturated heterocycles. The van der Waals surface area contributed by atoms with Gasteiger partial charge in [-0.25, -0.2) is 4.79 Å². The number of rotatable bonds is 5. The smallest absolute Gasteiger partial charge is 0.326 e. The first kappa shape index (κ1) is 13.7. The van der Waals surface area contributed by atoms with E-state index in [4.69, 9.17) is 9.47 Å². The van der Waals surface area contributed by atoms with Gasteiger partial charge in [-0.3, -0.25) is 0 Å². The number of aliphatic carboxylic acids is 1. The molecule has 1 heterocycles. The number of ether oxygens (including phenoxy) is 2. The number of carbonyl (C=O) groups is 1. The Balaban J connectivity index is 2.08. The Morgan fingerprint density at radius 2 is 2.21 bits per heavy atom. The highest BCUT2D eigenvalue weighted by molar-refractivity contribution is 5.78. The molecule has 0 aromatic heterocycles. The average molecular weight is 265 g/mol. The number of hydrogen-bond acceptors (Lipinski definition) is 4. The number of carboxylic acids is 1. The van der Waals surface area contributed by atoms with Crippen molar-refractivity contribution in [3.63, 3.8) is 0 Å². The highest BCUT2D eigenvalue weighted by Crippen LogP contribution is 2.24. The normalized spacial score (nSPS) is 17.7. The van der Waals surface area contributed by atoms with E-state index in [9.17, 15) is 9.90 Å². The van der Waals surface area contributed by atoms with E-state index in [0.717, 1.165) is 18.5 Å². The van der Waals surface area contributed by atoms with E-state index in [0.29, 0.717) is 19.0 Å². The van der Waals surface area contributed by atoms with E-state index in [1.54, 1.807) is 13.2 Å². The van der Waals surface area contributed by atoms with Gasteiger partial charge in [0, 0.05) is 25.0 Å². The topological polar surface area (TPSA) is 67.8 Å². The summed E-state index contributed by atoms with van der Waals surface area (Å²) >= 11 is 0. The molecule has 1 aliphatic rings. The third kappa shape index (κ3) is 3.61. The molecule has 2 N–H and O–H groups in total. The molecule has 0 aliphatic carbocycles. The zero-order chi connectivity index (χ0) is 13.7. The molecule has 0 bridgehead atoms. The lowest BCUT2D eigenvalue weighted by molar-refractivity contribution is -0.140. The molecule has 1 aromatic carbocycles. The first-order valence-corrected chi connectivity index (χ1v) is 6.42. The third-order valence-electron chi connectivity index (χ3n) is 3.40. The maximum atomic E-state index is 11.4. The molecule has 1 unspecified atom stereocenters. The minimum absolute atomic E-state index is 0.0949. The average Bonchev–Trinajstić information content (AvgIpc) is 2.45. The first-order valence-electron chi connectivity index (χ1n) is 6.42. The molecule has 0 saturated carbocycles. The van der Waals surface area contributed by atoms with Gasteiger partial charge in [0.2, 0.25) is 0 Å². The summed E-state index contributed by atoms with van der Waals surface area (Å²) in [6, 6.07) is 6.72. The summed E-state index contributed by atoms with van der Waals surface area (Å²) < 4.78 is 10.4. The van der Waals surface area contributed by atoms with Crippen molar-refractivity contribution in [1.82, 2.24) is 0 Å². The maximum absolute atomic E-state index is 11.4. The maximum Gasteiger partial charge on any atom is 0.326 e. The number of methoxy groups -OCH3 is 1. The number of benzene rings is 1. The Morgan fingerprint density at radius 1 is 1.47 bits per heavy atom. The second kappa shape index (κ2) is 6.43. The molecular weight excluding hydrogens is 246 g/mol. The highest BCUT2D eigenvalue weighted by atomic mass is 16.5. The summed E-state index contributed by atoms with van der Waals surface area (Å²) in [5.74, 6) is -0.0201. The van der Waals surface area contributed by atoms with Crippen molar-refractivity contribution in [3.8, 4) is 5.75 Å². The van der Waals surface area contributed by atoms with Gasteiger partial charge in [0.25, 0.3) is 0 Å². The predicted octanol–water partition coefficient (Wildman–Crippen LogP) is 1.99. The Hall–Kier alpha value is -1.75. The van der Waals surface area contributed by atoms with Crippen LogP contribution >= 0.6 is 0 Å². The zero-order valence-electron chi connectivity index (χ0n) is 11.0. The minimum Gasteiger partial charge on any atom is -0.497 e. The summed E-state index contributed by atoms with van der Waals surface area (Å²) in [5.41, 5.74) is 0.762. The molecule has 5 heteroatoms. The number of carboxylic acid groups (broad SMARTS) is 1. The van der Waals surface area contributed by atoms with Gasteiger partial charge in [-0.05, 0) is 30.9 Å². The van der Waals surface area contributed by atoms with E-state index in [-0.39, 0.29) is 5.92 Å².